The van der Waals surface area contributed by atoms with Crippen LogP contribution < -0.4 is 0 Å². The van der Waals surface area contributed by atoms with Crippen molar-refractivity contribution in [3.8, 4) is 5.75 Å². The zero-order valence-electron chi connectivity index (χ0n) is 9.97. The molecule has 0 spiro atoms. The third-order valence-electron chi connectivity index (χ3n) is 2.23. The van der Waals surface area contributed by atoms with Gasteiger partial charge in [0.05, 0.1) is 0 Å². The van der Waals surface area contributed by atoms with Crippen molar-refractivity contribution in [3.05, 3.63) is 29.8 Å². The lowest BCUT2D eigenvalue weighted by molar-refractivity contribution is -0.141. The molecule has 0 aliphatic heterocycles. The van der Waals surface area contributed by atoms with Gasteiger partial charge in [0.2, 0.25) is 0 Å². The van der Waals surface area contributed by atoms with Gasteiger partial charge in [0.25, 0.3) is 0 Å². The molecule has 0 atom stereocenters. The average Bonchev–Trinajstić information content (AvgIpc) is 2.26. The number of benzene rings is 1. The van der Waals surface area contributed by atoms with E-state index in [9.17, 15) is 9.90 Å². The van der Waals surface area contributed by atoms with E-state index in [2.05, 4.69) is 4.99 Å². The fourth-order valence-electron chi connectivity index (χ4n) is 1.17. The first kappa shape index (κ1) is 13.6. The van der Waals surface area contributed by atoms with E-state index in [4.69, 9.17) is 5.11 Å². The maximum atomic E-state index is 11.0. The molecule has 1 aromatic carbocycles. The van der Waals surface area contributed by atoms with Crippen LogP contribution in [-0.2, 0) is 4.79 Å². The third kappa shape index (κ3) is 3.23. The Balaban J connectivity index is 3.21. The Hall–Kier alpha value is -1.49. The number of para-hydroxylation sites is 1. The number of carboxylic acid groups (broad SMARTS) is 1. The van der Waals surface area contributed by atoms with E-state index in [0.717, 1.165) is 0 Å². The van der Waals surface area contributed by atoms with Crippen molar-refractivity contribution < 1.29 is 15.0 Å². The summed E-state index contributed by atoms with van der Waals surface area (Å²) in [4.78, 5) is 15.2. The number of thioether (sulfide) groups is 1. The summed E-state index contributed by atoms with van der Waals surface area (Å²) < 4.78 is 0. The van der Waals surface area contributed by atoms with Crippen LogP contribution in [0.5, 0.6) is 5.75 Å². The van der Waals surface area contributed by atoms with Crippen LogP contribution in [0, 0.1) is 0 Å². The van der Waals surface area contributed by atoms with E-state index >= 15 is 0 Å². The highest BCUT2D eigenvalue weighted by Gasteiger charge is 2.27. The largest absolute Gasteiger partial charge is 0.507 e. The van der Waals surface area contributed by atoms with Gasteiger partial charge in [0, 0.05) is 5.56 Å². The standard InChI is InChI=1S/C12H15NO3S/c1-12(2,11(15)16)13-10(17-3)8-6-4-5-7-9(8)14/h4-7,14H,1-3H3,(H,15,16). The van der Waals surface area contributed by atoms with Crippen LogP contribution in [0.3, 0.4) is 0 Å². The fourth-order valence-corrected chi connectivity index (χ4v) is 1.88. The Morgan fingerprint density at radius 2 is 1.94 bits per heavy atom. The van der Waals surface area contributed by atoms with Gasteiger partial charge in [-0.3, -0.25) is 4.99 Å². The maximum absolute atomic E-state index is 11.0. The second-order valence-electron chi connectivity index (χ2n) is 4.00. The molecule has 0 saturated heterocycles. The molecule has 5 heteroatoms. The van der Waals surface area contributed by atoms with Gasteiger partial charge in [-0.2, -0.15) is 0 Å². The van der Waals surface area contributed by atoms with Crippen molar-refractivity contribution in [2.75, 3.05) is 6.26 Å². The number of carboxylic acids is 1. The molecule has 4 nitrogen and oxygen atoms in total. The Morgan fingerprint density at radius 1 is 1.35 bits per heavy atom. The maximum Gasteiger partial charge on any atom is 0.331 e. The van der Waals surface area contributed by atoms with Crippen molar-refractivity contribution in [1.29, 1.82) is 0 Å². The zero-order valence-corrected chi connectivity index (χ0v) is 10.8. The third-order valence-corrected chi connectivity index (χ3v) is 2.93. The SMILES string of the molecule is CSC(=NC(C)(C)C(=O)O)c1ccccc1O. The summed E-state index contributed by atoms with van der Waals surface area (Å²) in [5.41, 5.74) is -0.657. The van der Waals surface area contributed by atoms with Crippen LogP contribution in [0.4, 0.5) is 0 Å². The molecule has 0 saturated carbocycles. The first-order valence-corrected chi connectivity index (χ1v) is 6.26. The quantitative estimate of drug-likeness (QED) is 0.641. The Morgan fingerprint density at radius 3 is 2.41 bits per heavy atom. The lowest BCUT2D eigenvalue weighted by Crippen LogP contribution is -2.30. The summed E-state index contributed by atoms with van der Waals surface area (Å²) in [6.07, 6.45) is 1.79. The molecular formula is C12H15NO3S. The number of phenolic OH excluding ortho intramolecular Hbond substituents is 1. The van der Waals surface area contributed by atoms with E-state index in [1.54, 1.807) is 30.5 Å². The summed E-state index contributed by atoms with van der Waals surface area (Å²) >= 11 is 1.31. The summed E-state index contributed by atoms with van der Waals surface area (Å²) in [5.74, 6) is -0.902. The molecule has 0 bridgehead atoms. The molecular weight excluding hydrogens is 238 g/mol. The number of nitrogens with zero attached hydrogens (tertiary/aromatic N) is 1. The number of aromatic hydroxyl groups is 1. The molecule has 0 aromatic heterocycles. The molecule has 2 N–H and O–H groups in total. The lowest BCUT2D eigenvalue weighted by Gasteiger charge is -2.16. The van der Waals surface area contributed by atoms with Gasteiger partial charge in [0.1, 0.15) is 10.8 Å². The second kappa shape index (κ2) is 5.23. The molecule has 0 aliphatic carbocycles. The molecule has 0 aliphatic rings. The number of hydrogen-bond acceptors (Lipinski definition) is 4. The molecule has 0 fully saturated rings. The molecule has 17 heavy (non-hydrogen) atoms. The molecule has 0 heterocycles. The summed E-state index contributed by atoms with van der Waals surface area (Å²) in [6, 6.07) is 6.74. The normalized spacial score (nSPS) is 12.5. The highest BCUT2D eigenvalue weighted by molar-refractivity contribution is 8.13. The number of hydrogen-bond donors (Lipinski definition) is 2. The van der Waals surface area contributed by atoms with Crippen molar-refractivity contribution in [3.63, 3.8) is 0 Å². The first-order valence-electron chi connectivity index (χ1n) is 5.04. The first-order chi connectivity index (χ1) is 7.88. The highest BCUT2D eigenvalue weighted by Crippen LogP contribution is 2.24. The van der Waals surface area contributed by atoms with Crippen LogP contribution in [-0.4, -0.2) is 33.0 Å². The van der Waals surface area contributed by atoms with Gasteiger partial charge in [-0.25, -0.2) is 4.79 Å². The highest BCUT2D eigenvalue weighted by atomic mass is 32.2. The van der Waals surface area contributed by atoms with Crippen molar-refractivity contribution in [2.45, 2.75) is 19.4 Å². The molecule has 1 aromatic rings. The number of phenols is 1. The summed E-state index contributed by atoms with van der Waals surface area (Å²) in [7, 11) is 0. The van der Waals surface area contributed by atoms with Crippen molar-refractivity contribution >= 4 is 22.8 Å². The van der Waals surface area contributed by atoms with Gasteiger partial charge >= 0.3 is 5.97 Å². The van der Waals surface area contributed by atoms with Gasteiger partial charge in [-0.05, 0) is 32.2 Å². The number of aliphatic carboxylic acids is 1. The fraction of sp³-hybridized carbons (Fsp3) is 0.333. The predicted octanol–water partition coefficient (Wildman–Crippen LogP) is 2.37. The van der Waals surface area contributed by atoms with Gasteiger partial charge in [-0.15, -0.1) is 11.8 Å². The van der Waals surface area contributed by atoms with Crippen LogP contribution in [0.2, 0.25) is 0 Å². The van der Waals surface area contributed by atoms with Gasteiger partial charge < -0.3 is 10.2 Å². The minimum Gasteiger partial charge on any atom is -0.507 e. The molecule has 92 valence electrons. The van der Waals surface area contributed by atoms with E-state index in [1.165, 1.54) is 25.6 Å². The van der Waals surface area contributed by atoms with E-state index in [0.29, 0.717) is 10.6 Å². The van der Waals surface area contributed by atoms with E-state index in [-0.39, 0.29) is 5.75 Å². The predicted molar refractivity (Wildman–Crippen MR) is 69.9 cm³/mol. The minimum atomic E-state index is -1.21. The molecule has 1 rings (SSSR count). The molecule has 0 radical (unpaired) electrons. The number of rotatable bonds is 3. The minimum absolute atomic E-state index is 0.0989. The number of aliphatic imine (C=N–C) groups is 1. The number of carbonyl (C=O) groups is 1. The topological polar surface area (TPSA) is 69.9 Å². The monoisotopic (exact) mass is 253 g/mol. The summed E-state index contributed by atoms with van der Waals surface area (Å²) in [5, 5.41) is 19.2. The summed E-state index contributed by atoms with van der Waals surface area (Å²) in [6.45, 7) is 3.04. The average molecular weight is 253 g/mol. The Kier molecular flexibility index (Phi) is 4.17. The van der Waals surface area contributed by atoms with Gasteiger partial charge in [0.15, 0.2) is 5.54 Å². The van der Waals surface area contributed by atoms with Crippen LogP contribution in [0.25, 0.3) is 0 Å². The smallest absolute Gasteiger partial charge is 0.331 e. The Labute approximate surface area is 104 Å². The molecule has 0 unspecified atom stereocenters. The second-order valence-corrected chi connectivity index (χ2v) is 4.80. The molecule has 0 amide bonds. The lowest BCUT2D eigenvalue weighted by atomic mass is 10.1. The van der Waals surface area contributed by atoms with E-state index in [1.807, 2.05) is 0 Å². The van der Waals surface area contributed by atoms with Gasteiger partial charge in [-0.1, -0.05) is 12.1 Å². The Bertz CT molecular complexity index is 455. The zero-order chi connectivity index (χ0) is 13.1. The van der Waals surface area contributed by atoms with Crippen molar-refractivity contribution in [2.24, 2.45) is 4.99 Å². The van der Waals surface area contributed by atoms with Crippen LogP contribution >= 0.6 is 11.8 Å². The van der Waals surface area contributed by atoms with Crippen LogP contribution in [0.1, 0.15) is 19.4 Å². The van der Waals surface area contributed by atoms with Crippen LogP contribution in [0.15, 0.2) is 29.3 Å². The van der Waals surface area contributed by atoms with Crippen molar-refractivity contribution in [1.82, 2.24) is 0 Å². The van der Waals surface area contributed by atoms with E-state index < -0.39 is 11.5 Å².